The number of aliphatic hydroxyl groups excluding tert-OH is 1. The predicted molar refractivity (Wildman–Crippen MR) is 145 cm³/mol. The highest BCUT2D eigenvalue weighted by Crippen LogP contribution is 2.25. The van der Waals surface area contributed by atoms with Crippen LogP contribution in [0.15, 0.2) is 52.9 Å². The first kappa shape index (κ1) is 30.7. The highest BCUT2D eigenvalue weighted by Gasteiger charge is 2.21. The summed E-state index contributed by atoms with van der Waals surface area (Å²) in [4.78, 5) is 20.0. The quantitative estimate of drug-likeness (QED) is 0.435. The summed E-state index contributed by atoms with van der Waals surface area (Å²) in [5, 5.41) is 7.00. The van der Waals surface area contributed by atoms with Crippen LogP contribution in [0.3, 0.4) is 0 Å². The number of carbonyl (C=O) groups excluding carboxylic acids is 2. The molecule has 0 amide bonds. The molecule has 1 unspecified atom stereocenters. The topological polar surface area (TPSA) is 116 Å². The number of aromatic nitrogens is 1. The van der Waals surface area contributed by atoms with E-state index < -0.39 is 10.0 Å². The van der Waals surface area contributed by atoms with Gasteiger partial charge < -0.3 is 19.7 Å². The minimum Gasteiger partial charge on any atom is -0.400 e. The number of hydrogen-bond donors (Lipinski definition) is 3. The Kier molecular flexibility index (Phi) is 13.4. The molecule has 1 atom stereocenters. The van der Waals surface area contributed by atoms with Gasteiger partial charge in [0.1, 0.15) is 17.8 Å². The van der Waals surface area contributed by atoms with Crippen LogP contribution in [0.1, 0.15) is 46.2 Å². The Labute approximate surface area is 217 Å². The van der Waals surface area contributed by atoms with Gasteiger partial charge in [-0.3, -0.25) is 0 Å². The molecule has 2 heterocycles. The summed E-state index contributed by atoms with van der Waals surface area (Å²) in [6.07, 6.45) is 8.98. The Morgan fingerprint density at radius 1 is 1.08 bits per heavy atom. The summed E-state index contributed by atoms with van der Waals surface area (Å²) in [6.45, 7) is 7.93. The summed E-state index contributed by atoms with van der Waals surface area (Å²) in [5.74, 6) is 6.15. The molecule has 1 aromatic carbocycles. The van der Waals surface area contributed by atoms with Gasteiger partial charge in [-0.2, -0.15) is 0 Å². The van der Waals surface area contributed by atoms with Crippen LogP contribution >= 0.6 is 11.3 Å². The van der Waals surface area contributed by atoms with E-state index >= 15 is 0 Å². The van der Waals surface area contributed by atoms with Crippen LogP contribution in [-0.4, -0.2) is 45.2 Å². The summed E-state index contributed by atoms with van der Waals surface area (Å²) in [5.41, 5.74) is 5.68. The number of sulfonamides is 1. The molecule has 0 radical (unpaired) electrons. The van der Waals surface area contributed by atoms with Crippen molar-refractivity contribution in [2.45, 2.75) is 43.4 Å². The van der Waals surface area contributed by atoms with Gasteiger partial charge in [-0.1, -0.05) is 41.7 Å². The average molecular weight is 529 g/mol. The van der Waals surface area contributed by atoms with Gasteiger partial charge in [-0.15, -0.1) is 11.3 Å². The van der Waals surface area contributed by atoms with E-state index in [1.165, 1.54) is 28.2 Å². The lowest BCUT2D eigenvalue weighted by Crippen LogP contribution is -2.33. The van der Waals surface area contributed by atoms with Crippen molar-refractivity contribution in [1.29, 1.82) is 0 Å². The molecule has 192 valence electrons. The van der Waals surface area contributed by atoms with E-state index in [4.69, 9.17) is 14.7 Å². The summed E-state index contributed by atoms with van der Waals surface area (Å²) in [6, 6.07) is 11.1. The third kappa shape index (κ3) is 8.73. The first-order valence-corrected chi connectivity index (χ1v) is 13.3. The SMILES string of the molecule is C=O.C=O.CO.Cc1ccc(C#Cc2ccc(S(=O)(=O)NC(C)Cc3c[nH]c4c3C=CCC4)s2)cc1. The Morgan fingerprint density at radius 3 is 2.42 bits per heavy atom. The van der Waals surface area contributed by atoms with Crippen molar-refractivity contribution in [2.75, 3.05) is 7.11 Å². The van der Waals surface area contributed by atoms with Gasteiger partial charge >= 0.3 is 0 Å². The van der Waals surface area contributed by atoms with E-state index in [1.54, 1.807) is 12.1 Å². The number of aliphatic hydroxyl groups is 1. The van der Waals surface area contributed by atoms with Crippen LogP contribution in [0.2, 0.25) is 0 Å². The molecular weight excluding hydrogens is 496 g/mol. The second-order valence-corrected chi connectivity index (χ2v) is 10.6. The summed E-state index contributed by atoms with van der Waals surface area (Å²) in [7, 11) is -2.58. The minimum atomic E-state index is -3.58. The molecule has 2 aromatic heterocycles. The van der Waals surface area contributed by atoms with Crippen molar-refractivity contribution >= 4 is 41.0 Å². The number of aryl methyl sites for hydroxylation is 2. The summed E-state index contributed by atoms with van der Waals surface area (Å²) < 4.78 is 28.7. The molecule has 36 heavy (non-hydrogen) atoms. The fourth-order valence-electron chi connectivity index (χ4n) is 3.53. The number of rotatable bonds is 5. The molecule has 0 aliphatic heterocycles. The molecule has 4 rings (SSSR count). The minimum absolute atomic E-state index is 0.214. The van der Waals surface area contributed by atoms with Crippen LogP contribution in [0.4, 0.5) is 0 Å². The maximum absolute atomic E-state index is 12.8. The molecule has 7 nitrogen and oxygen atoms in total. The molecule has 0 spiro atoms. The molecule has 3 N–H and O–H groups in total. The lowest BCUT2D eigenvalue weighted by Gasteiger charge is -2.14. The number of allylic oxidation sites excluding steroid dienone is 1. The maximum Gasteiger partial charge on any atom is 0.250 e. The number of H-pyrrole nitrogens is 1. The van der Waals surface area contributed by atoms with E-state index in [0.717, 1.165) is 36.0 Å². The van der Waals surface area contributed by atoms with E-state index in [9.17, 15) is 8.42 Å². The van der Waals surface area contributed by atoms with Crippen molar-refractivity contribution < 1.29 is 23.1 Å². The van der Waals surface area contributed by atoms with Gasteiger partial charge in [0.15, 0.2) is 0 Å². The Hall–Kier alpha value is -3.29. The number of aromatic amines is 1. The van der Waals surface area contributed by atoms with Crippen molar-refractivity contribution in [3.05, 3.63) is 81.5 Å². The molecule has 0 bridgehead atoms. The lowest BCUT2D eigenvalue weighted by molar-refractivity contribution is -0.0987. The van der Waals surface area contributed by atoms with Gasteiger partial charge in [-0.25, -0.2) is 13.1 Å². The number of thiophene rings is 1. The number of hydrogen-bond acceptors (Lipinski definition) is 6. The standard InChI is InChI=1S/C24H24N2O2S2.CH4O.2CH2O/c1-17-7-9-19(10-8-17)11-12-21-13-14-24(29-21)30(27,28)26-18(2)15-20-16-25-23-6-4-3-5-22(20)23;3*1-2/h3,5,7-10,13-14,16,18,25-26H,4,6,15H2,1-2H3;2H,1H3;2*1H2. The van der Waals surface area contributed by atoms with Gasteiger partial charge in [0.05, 0.1) is 4.88 Å². The molecule has 0 fully saturated rings. The molecule has 1 aliphatic carbocycles. The van der Waals surface area contributed by atoms with Gasteiger partial charge in [0, 0.05) is 30.6 Å². The largest absolute Gasteiger partial charge is 0.400 e. The van der Waals surface area contributed by atoms with E-state index in [0.29, 0.717) is 10.6 Å². The van der Waals surface area contributed by atoms with Crippen molar-refractivity contribution in [2.24, 2.45) is 0 Å². The fraction of sp³-hybridized carbons (Fsp3) is 0.259. The van der Waals surface area contributed by atoms with Gasteiger partial charge in [0.25, 0.3) is 0 Å². The normalized spacial score (nSPS) is 12.1. The molecule has 1 aliphatic rings. The number of nitrogens with one attached hydrogen (secondary N) is 2. The second-order valence-electron chi connectivity index (χ2n) is 7.61. The first-order chi connectivity index (χ1) is 17.4. The zero-order valence-electron chi connectivity index (χ0n) is 20.7. The van der Waals surface area contributed by atoms with Gasteiger partial charge in [0.2, 0.25) is 10.0 Å². The Morgan fingerprint density at radius 2 is 1.75 bits per heavy atom. The van der Waals surface area contributed by atoms with E-state index in [-0.39, 0.29) is 6.04 Å². The third-order valence-corrected chi connectivity index (χ3v) is 8.13. The zero-order valence-corrected chi connectivity index (χ0v) is 22.3. The van der Waals surface area contributed by atoms with Crippen LogP contribution < -0.4 is 4.72 Å². The van der Waals surface area contributed by atoms with Crippen molar-refractivity contribution in [1.82, 2.24) is 9.71 Å². The number of fused-ring (bicyclic) bond motifs is 1. The van der Waals surface area contributed by atoms with Crippen LogP contribution in [0.25, 0.3) is 6.08 Å². The fourth-order valence-corrected chi connectivity index (χ4v) is 5.95. The second kappa shape index (κ2) is 15.7. The Balaban J connectivity index is 0.00000101. The molecule has 3 aromatic rings. The highest BCUT2D eigenvalue weighted by atomic mass is 32.2. The number of benzene rings is 1. The van der Waals surface area contributed by atoms with Gasteiger partial charge in [-0.05, 0) is 68.5 Å². The van der Waals surface area contributed by atoms with E-state index in [1.807, 2.05) is 57.9 Å². The predicted octanol–water partition coefficient (Wildman–Crippen LogP) is 3.89. The van der Waals surface area contributed by atoms with Crippen LogP contribution in [-0.2, 0) is 32.5 Å². The number of carbonyl (C=O) groups is 2. The van der Waals surface area contributed by atoms with E-state index in [2.05, 4.69) is 33.7 Å². The summed E-state index contributed by atoms with van der Waals surface area (Å²) >= 11 is 1.19. The first-order valence-electron chi connectivity index (χ1n) is 11.0. The van der Waals surface area contributed by atoms with Crippen LogP contribution in [0.5, 0.6) is 0 Å². The zero-order chi connectivity index (χ0) is 27.1. The van der Waals surface area contributed by atoms with Crippen molar-refractivity contribution in [3.8, 4) is 11.8 Å². The molecule has 9 heteroatoms. The third-order valence-electron chi connectivity index (χ3n) is 5.05. The Bertz CT molecular complexity index is 1280. The molecule has 0 saturated heterocycles. The average Bonchev–Trinajstić information content (AvgIpc) is 3.55. The lowest BCUT2D eigenvalue weighted by atomic mass is 9.99. The highest BCUT2D eigenvalue weighted by molar-refractivity contribution is 7.91. The maximum atomic E-state index is 12.8. The monoisotopic (exact) mass is 528 g/mol. The molecule has 0 saturated carbocycles. The molecular formula is C27H32N2O5S2. The smallest absolute Gasteiger partial charge is 0.250 e. The van der Waals surface area contributed by atoms with Crippen LogP contribution in [0, 0.1) is 18.8 Å². The van der Waals surface area contributed by atoms with Crippen molar-refractivity contribution in [3.63, 3.8) is 0 Å².